The first kappa shape index (κ1) is 15.1. The van der Waals surface area contributed by atoms with Gasteiger partial charge in [-0.3, -0.25) is 5.84 Å². The second-order valence-corrected chi connectivity index (χ2v) is 6.24. The van der Waals surface area contributed by atoms with E-state index in [0.29, 0.717) is 11.9 Å². The summed E-state index contributed by atoms with van der Waals surface area (Å²) in [6, 6.07) is 1.33. The molecule has 112 valence electrons. The minimum Gasteiger partial charge on any atom is -0.383 e. The number of hydrogen-bond donors (Lipinski definition) is 2. The lowest BCUT2D eigenvalue weighted by Gasteiger charge is -2.23. The normalized spacial score (nSPS) is 21.1. The van der Waals surface area contributed by atoms with E-state index >= 15 is 0 Å². The molecule has 1 unspecified atom stereocenters. The molecule has 0 amide bonds. The molecule has 21 heavy (non-hydrogen) atoms. The average Bonchev–Trinajstić information content (AvgIpc) is 2.90. The predicted molar refractivity (Wildman–Crippen MR) is 81.1 cm³/mol. The van der Waals surface area contributed by atoms with E-state index < -0.39 is 11.9 Å². The van der Waals surface area contributed by atoms with E-state index in [1.54, 1.807) is 11.1 Å². The smallest absolute Gasteiger partial charge is 0.165 e. The number of hydrazine groups is 1. The Labute approximate surface area is 134 Å². The van der Waals surface area contributed by atoms with Gasteiger partial charge in [0.05, 0.1) is 15.5 Å². The highest BCUT2D eigenvalue weighted by Crippen LogP contribution is 2.32. The Morgan fingerprint density at radius 2 is 2.33 bits per heavy atom. The van der Waals surface area contributed by atoms with Crippen molar-refractivity contribution in [3.05, 3.63) is 33.4 Å². The fraction of sp³-hybridized carbons (Fsp3) is 0.385. The van der Waals surface area contributed by atoms with E-state index in [0.717, 1.165) is 12.8 Å². The van der Waals surface area contributed by atoms with E-state index in [9.17, 15) is 9.50 Å². The first-order valence-corrected chi connectivity index (χ1v) is 7.65. The molecule has 1 fully saturated rings. The molecule has 2 aromatic rings. The first-order chi connectivity index (χ1) is 9.99. The molecular formula is C13H13BrClFN4O. The van der Waals surface area contributed by atoms with E-state index in [4.69, 9.17) is 17.4 Å². The third kappa shape index (κ3) is 2.64. The largest absolute Gasteiger partial charge is 0.383 e. The number of benzene rings is 1. The van der Waals surface area contributed by atoms with Crippen LogP contribution in [0.15, 0.2) is 16.7 Å². The van der Waals surface area contributed by atoms with E-state index in [1.807, 2.05) is 0 Å². The molecule has 0 aliphatic carbocycles. The highest BCUT2D eigenvalue weighted by molar-refractivity contribution is 9.10. The number of nitrogens with zero attached hydrogens (tertiary/aromatic N) is 3. The summed E-state index contributed by atoms with van der Waals surface area (Å²) < 4.78 is 14.4. The van der Waals surface area contributed by atoms with Crippen molar-refractivity contribution in [1.82, 2.24) is 15.0 Å². The summed E-state index contributed by atoms with van der Waals surface area (Å²) in [5.74, 6) is 5.42. The van der Waals surface area contributed by atoms with Crippen molar-refractivity contribution < 1.29 is 9.50 Å². The van der Waals surface area contributed by atoms with Gasteiger partial charge in [-0.1, -0.05) is 11.6 Å². The molecule has 1 aliphatic rings. The van der Waals surface area contributed by atoms with Crippen LogP contribution >= 0.6 is 27.5 Å². The van der Waals surface area contributed by atoms with Crippen molar-refractivity contribution in [3.8, 4) is 0 Å². The van der Waals surface area contributed by atoms with Crippen molar-refractivity contribution >= 4 is 38.4 Å². The summed E-state index contributed by atoms with van der Waals surface area (Å²) >= 11 is 8.98. The Morgan fingerprint density at radius 1 is 1.57 bits per heavy atom. The first-order valence-electron chi connectivity index (χ1n) is 6.48. The van der Waals surface area contributed by atoms with Crippen molar-refractivity contribution in [3.63, 3.8) is 0 Å². The van der Waals surface area contributed by atoms with Crippen LogP contribution in [0.25, 0.3) is 10.9 Å². The average molecular weight is 376 g/mol. The highest BCUT2D eigenvalue weighted by Gasteiger charge is 2.31. The Kier molecular flexibility index (Phi) is 4.11. The third-order valence-corrected chi connectivity index (χ3v) is 5.00. The Balaban J connectivity index is 2.04. The molecule has 0 bridgehead atoms. The summed E-state index contributed by atoms with van der Waals surface area (Å²) in [5.41, 5.74) is 0.122. The maximum absolute atomic E-state index is 14.2. The van der Waals surface area contributed by atoms with Gasteiger partial charge < -0.3 is 5.11 Å². The predicted octanol–water partition coefficient (Wildman–Crippen LogP) is 2.56. The van der Waals surface area contributed by atoms with Crippen LogP contribution in [0.5, 0.6) is 0 Å². The third-order valence-electron chi connectivity index (χ3n) is 3.70. The van der Waals surface area contributed by atoms with Crippen LogP contribution in [-0.2, 0) is 0 Å². The van der Waals surface area contributed by atoms with Crippen molar-refractivity contribution in [1.29, 1.82) is 0 Å². The number of aliphatic hydroxyl groups excluding tert-OH is 1. The molecule has 1 aromatic carbocycles. The molecule has 0 saturated carbocycles. The molecule has 2 heterocycles. The fourth-order valence-electron chi connectivity index (χ4n) is 2.56. The van der Waals surface area contributed by atoms with Gasteiger partial charge in [-0.2, -0.15) is 0 Å². The summed E-state index contributed by atoms with van der Waals surface area (Å²) in [5, 5.41) is 12.7. The number of fused-ring (bicyclic) bond motifs is 1. The minimum absolute atomic E-state index is 0.122. The topological polar surface area (TPSA) is 75.3 Å². The van der Waals surface area contributed by atoms with Gasteiger partial charge in [0.15, 0.2) is 11.6 Å². The molecule has 1 aromatic heterocycles. The number of aliphatic hydroxyl groups is 1. The van der Waals surface area contributed by atoms with Crippen LogP contribution < -0.4 is 5.84 Å². The summed E-state index contributed by atoms with van der Waals surface area (Å²) in [6.07, 6.45) is 2.17. The number of nitrogens with two attached hydrogens (primary N) is 1. The second kappa shape index (κ2) is 5.73. The lowest BCUT2D eigenvalue weighted by Crippen LogP contribution is -2.40. The SMILES string of the molecule is NN1CCC[C@@H]1C(O)c1ncc2cc(Cl)c(Br)c(F)c2n1. The second-order valence-electron chi connectivity index (χ2n) is 5.04. The maximum Gasteiger partial charge on any atom is 0.165 e. The van der Waals surface area contributed by atoms with Gasteiger partial charge in [-0.15, -0.1) is 0 Å². The minimum atomic E-state index is -0.948. The maximum atomic E-state index is 14.2. The van der Waals surface area contributed by atoms with Gasteiger partial charge in [0.1, 0.15) is 11.6 Å². The molecule has 0 spiro atoms. The van der Waals surface area contributed by atoms with Gasteiger partial charge in [-0.05, 0) is 34.8 Å². The summed E-state index contributed by atoms with van der Waals surface area (Å²) in [4.78, 5) is 8.26. The van der Waals surface area contributed by atoms with E-state index in [2.05, 4.69) is 25.9 Å². The Morgan fingerprint density at radius 3 is 3.00 bits per heavy atom. The lowest BCUT2D eigenvalue weighted by atomic mass is 10.1. The van der Waals surface area contributed by atoms with Crippen LogP contribution in [0, 0.1) is 5.82 Å². The van der Waals surface area contributed by atoms with Crippen LogP contribution in [0.1, 0.15) is 24.8 Å². The van der Waals surface area contributed by atoms with Crippen LogP contribution in [-0.4, -0.2) is 32.7 Å². The number of halogens is 3. The molecule has 3 rings (SSSR count). The molecule has 2 atom stereocenters. The molecule has 1 aliphatic heterocycles. The van der Waals surface area contributed by atoms with E-state index in [-0.39, 0.29) is 26.9 Å². The summed E-state index contributed by atoms with van der Waals surface area (Å²) in [7, 11) is 0. The molecule has 8 heteroatoms. The number of hydrogen-bond acceptors (Lipinski definition) is 5. The number of rotatable bonds is 2. The molecule has 5 nitrogen and oxygen atoms in total. The monoisotopic (exact) mass is 374 g/mol. The van der Waals surface area contributed by atoms with Gasteiger partial charge in [-0.25, -0.2) is 19.4 Å². The quantitative estimate of drug-likeness (QED) is 0.623. The van der Waals surface area contributed by atoms with Crippen LogP contribution in [0.2, 0.25) is 5.02 Å². The van der Waals surface area contributed by atoms with Gasteiger partial charge >= 0.3 is 0 Å². The van der Waals surface area contributed by atoms with Crippen molar-refractivity contribution in [2.75, 3.05) is 6.54 Å². The highest BCUT2D eigenvalue weighted by atomic mass is 79.9. The molecular weight excluding hydrogens is 363 g/mol. The lowest BCUT2D eigenvalue weighted by molar-refractivity contribution is 0.0664. The standard InChI is InChI=1S/C13H13BrClFN4O/c14-9-7(15)4-6-5-18-13(19-11(6)10(9)16)12(21)8-2-1-3-20(8)17/h4-5,8,12,21H,1-3,17H2/t8-,12?/m1/s1. The molecule has 1 saturated heterocycles. The van der Waals surface area contributed by atoms with Crippen molar-refractivity contribution in [2.45, 2.75) is 25.0 Å². The van der Waals surface area contributed by atoms with E-state index in [1.165, 1.54) is 6.20 Å². The summed E-state index contributed by atoms with van der Waals surface area (Å²) in [6.45, 7) is 0.713. The number of aromatic nitrogens is 2. The van der Waals surface area contributed by atoms with Gasteiger partial charge in [0.2, 0.25) is 0 Å². The zero-order valence-corrected chi connectivity index (χ0v) is 13.3. The Hall–Kier alpha value is -0.860. The zero-order valence-electron chi connectivity index (χ0n) is 10.9. The van der Waals surface area contributed by atoms with Crippen LogP contribution in [0.3, 0.4) is 0 Å². The fourth-order valence-corrected chi connectivity index (χ4v) is 3.07. The van der Waals surface area contributed by atoms with Gasteiger partial charge in [0, 0.05) is 18.1 Å². The van der Waals surface area contributed by atoms with Gasteiger partial charge in [0.25, 0.3) is 0 Å². The molecule has 3 N–H and O–H groups in total. The Bertz CT molecular complexity index is 701. The zero-order chi connectivity index (χ0) is 15.1. The van der Waals surface area contributed by atoms with Crippen LogP contribution in [0.4, 0.5) is 4.39 Å². The molecule has 0 radical (unpaired) electrons. The van der Waals surface area contributed by atoms with Crippen molar-refractivity contribution in [2.24, 2.45) is 5.84 Å².